The zero-order chi connectivity index (χ0) is 12.0. The molecule has 0 unspecified atom stereocenters. The number of hydrogen-bond donors (Lipinski definition) is 0. The fraction of sp³-hybridized carbons (Fsp3) is 0.429. The van der Waals surface area contributed by atoms with Crippen molar-refractivity contribution < 1.29 is 9.47 Å². The van der Waals surface area contributed by atoms with Gasteiger partial charge in [-0.15, -0.1) is 0 Å². The summed E-state index contributed by atoms with van der Waals surface area (Å²) >= 11 is 0. The molecule has 0 aromatic heterocycles. The highest BCUT2D eigenvalue weighted by Crippen LogP contribution is 2.29. The van der Waals surface area contributed by atoms with E-state index in [-0.39, 0.29) is 0 Å². The second-order valence-electron chi connectivity index (χ2n) is 3.66. The Bertz CT molecular complexity index is 324. The third-order valence-corrected chi connectivity index (χ3v) is 2.51. The van der Waals surface area contributed by atoms with Crippen LogP contribution in [-0.4, -0.2) is 19.0 Å². The summed E-state index contributed by atoms with van der Waals surface area (Å²) in [6, 6.07) is 9.98. The van der Waals surface area contributed by atoms with Crippen LogP contribution in [-0.2, 0) is 9.47 Å². The fourth-order valence-corrected chi connectivity index (χ4v) is 1.67. The van der Waals surface area contributed by atoms with Crippen molar-refractivity contribution in [1.29, 1.82) is 0 Å². The Morgan fingerprint density at radius 1 is 1.12 bits per heavy atom. The van der Waals surface area contributed by atoms with Gasteiger partial charge in [0.15, 0.2) is 5.79 Å². The van der Waals surface area contributed by atoms with E-state index in [1.807, 2.05) is 51.1 Å². The predicted molar refractivity (Wildman–Crippen MR) is 67.1 cm³/mol. The lowest BCUT2D eigenvalue weighted by Gasteiger charge is -2.31. The molecule has 0 aliphatic rings. The SMILES string of the molecule is C=C(c1ccccc1)C(C)(OCC)OCC. The first-order chi connectivity index (χ1) is 7.64. The van der Waals surface area contributed by atoms with Crippen LogP contribution >= 0.6 is 0 Å². The quantitative estimate of drug-likeness (QED) is 0.683. The molecule has 0 radical (unpaired) electrons. The summed E-state index contributed by atoms with van der Waals surface area (Å²) in [6.07, 6.45) is 0. The van der Waals surface area contributed by atoms with Crippen LogP contribution in [0.3, 0.4) is 0 Å². The second-order valence-corrected chi connectivity index (χ2v) is 3.66. The van der Waals surface area contributed by atoms with Gasteiger partial charge in [-0.1, -0.05) is 36.9 Å². The van der Waals surface area contributed by atoms with E-state index < -0.39 is 5.79 Å². The van der Waals surface area contributed by atoms with E-state index >= 15 is 0 Å². The average Bonchev–Trinajstić information content (AvgIpc) is 2.30. The van der Waals surface area contributed by atoms with Gasteiger partial charge in [0.2, 0.25) is 0 Å². The molecule has 1 aromatic carbocycles. The van der Waals surface area contributed by atoms with Gasteiger partial charge in [-0.3, -0.25) is 0 Å². The molecule has 0 atom stereocenters. The number of benzene rings is 1. The number of hydrogen-bond acceptors (Lipinski definition) is 2. The Morgan fingerprint density at radius 3 is 2.06 bits per heavy atom. The number of ether oxygens (including phenoxy) is 2. The molecular formula is C14H20O2. The van der Waals surface area contributed by atoms with Gasteiger partial charge in [0.1, 0.15) is 0 Å². The maximum Gasteiger partial charge on any atom is 0.191 e. The van der Waals surface area contributed by atoms with Gasteiger partial charge in [-0.05, 0) is 26.3 Å². The van der Waals surface area contributed by atoms with E-state index in [1.54, 1.807) is 0 Å². The summed E-state index contributed by atoms with van der Waals surface area (Å²) in [6.45, 7) is 11.1. The van der Waals surface area contributed by atoms with E-state index in [2.05, 4.69) is 6.58 Å². The van der Waals surface area contributed by atoms with Gasteiger partial charge in [0, 0.05) is 18.8 Å². The topological polar surface area (TPSA) is 18.5 Å². The molecule has 0 spiro atoms. The molecule has 0 fully saturated rings. The predicted octanol–water partition coefficient (Wildman–Crippen LogP) is 3.49. The van der Waals surface area contributed by atoms with Gasteiger partial charge in [0.25, 0.3) is 0 Å². The zero-order valence-electron chi connectivity index (χ0n) is 10.3. The molecule has 0 N–H and O–H groups in total. The van der Waals surface area contributed by atoms with E-state index in [4.69, 9.17) is 9.47 Å². The lowest BCUT2D eigenvalue weighted by atomic mass is 10.0. The normalized spacial score (nSPS) is 11.4. The van der Waals surface area contributed by atoms with Crippen LogP contribution in [0.15, 0.2) is 36.9 Å². The van der Waals surface area contributed by atoms with Crippen molar-refractivity contribution in [1.82, 2.24) is 0 Å². The highest BCUT2D eigenvalue weighted by molar-refractivity contribution is 5.68. The molecule has 2 heteroatoms. The molecule has 0 heterocycles. The van der Waals surface area contributed by atoms with Crippen LogP contribution in [0.2, 0.25) is 0 Å². The van der Waals surface area contributed by atoms with Gasteiger partial charge < -0.3 is 9.47 Å². The molecule has 0 saturated heterocycles. The Morgan fingerprint density at radius 2 is 1.62 bits per heavy atom. The van der Waals surface area contributed by atoms with Gasteiger partial charge in [-0.2, -0.15) is 0 Å². The van der Waals surface area contributed by atoms with Crippen LogP contribution < -0.4 is 0 Å². The largest absolute Gasteiger partial charge is 0.346 e. The van der Waals surface area contributed by atoms with Crippen molar-refractivity contribution in [3.8, 4) is 0 Å². The minimum Gasteiger partial charge on any atom is -0.346 e. The summed E-state index contributed by atoms with van der Waals surface area (Å²) in [5.74, 6) is -0.731. The summed E-state index contributed by atoms with van der Waals surface area (Å²) < 4.78 is 11.3. The van der Waals surface area contributed by atoms with E-state index in [9.17, 15) is 0 Å². The van der Waals surface area contributed by atoms with Gasteiger partial charge in [0.05, 0.1) is 0 Å². The van der Waals surface area contributed by atoms with Crippen molar-refractivity contribution in [2.75, 3.05) is 13.2 Å². The third kappa shape index (κ3) is 2.94. The molecule has 0 saturated carbocycles. The molecule has 0 amide bonds. The first kappa shape index (κ1) is 12.9. The first-order valence-corrected chi connectivity index (χ1v) is 5.66. The van der Waals surface area contributed by atoms with Crippen molar-refractivity contribution >= 4 is 5.57 Å². The molecule has 16 heavy (non-hydrogen) atoms. The first-order valence-electron chi connectivity index (χ1n) is 5.66. The Kier molecular flexibility index (Phi) is 4.71. The minimum absolute atomic E-state index is 0.600. The lowest BCUT2D eigenvalue weighted by molar-refractivity contribution is -0.178. The molecule has 0 bridgehead atoms. The van der Waals surface area contributed by atoms with Crippen molar-refractivity contribution in [3.63, 3.8) is 0 Å². The summed E-state index contributed by atoms with van der Waals surface area (Å²) in [7, 11) is 0. The summed E-state index contributed by atoms with van der Waals surface area (Å²) in [5.41, 5.74) is 1.91. The highest BCUT2D eigenvalue weighted by Gasteiger charge is 2.29. The van der Waals surface area contributed by atoms with E-state index in [0.717, 1.165) is 11.1 Å². The monoisotopic (exact) mass is 220 g/mol. The Balaban J connectivity index is 2.91. The second kappa shape index (κ2) is 5.83. The molecule has 0 aliphatic heterocycles. The van der Waals surface area contributed by atoms with Crippen LogP contribution in [0.5, 0.6) is 0 Å². The molecule has 1 rings (SSSR count). The van der Waals surface area contributed by atoms with Crippen LogP contribution in [0, 0.1) is 0 Å². The Hall–Kier alpha value is -1.12. The van der Waals surface area contributed by atoms with E-state index in [0.29, 0.717) is 13.2 Å². The van der Waals surface area contributed by atoms with Crippen molar-refractivity contribution in [2.45, 2.75) is 26.6 Å². The lowest BCUT2D eigenvalue weighted by Crippen LogP contribution is -2.33. The maximum atomic E-state index is 5.66. The van der Waals surface area contributed by atoms with Crippen molar-refractivity contribution in [2.24, 2.45) is 0 Å². The molecule has 88 valence electrons. The van der Waals surface area contributed by atoms with E-state index in [1.165, 1.54) is 0 Å². The Labute approximate surface area is 97.9 Å². The zero-order valence-corrected chi connectivity index (χ0v) is 10.3. The number of rotatable bonds is 6. The third-order valence-electron chi connectivity index (χ3n) is 2.51. The fourth-order valence-electron chi connectivity index (χ4n) is 1.67. The van der Waals surface area contributed by atoms with Crippen LogP contribution in [0.4, 0.5) is 0 Å². The highest BCUT2D eigenvalue weighted by atomic mass is 16.7. The van der Waals surface area contributed by atoms with Crippen LogP contribution in [0.25, 0.3) is 5.57 Å². The maximum absolute atomic E-state index is 5.66. The molecular weight excluding hydrogens is 200 g/mol. The molecule has 0 aliphatic carbocycles. The molecule has 2 nitrogen and oxygen atoms in total. The van der Waals surface area contributed by atoms with Gasteiger partial charge in [-0.25, -0.2) is 0 Å². The summed E-state index contributed by atoms with van der Waals surface area (Å²) in [5, 5.41) is 0. The molecule has 1 aromatic rings. The smallest absolute Gasteiger partial charge is 0.191 e. The average molecular weight is 220 g/mol. The summed E-state index contributed by atoms with van der Waals surface area (Å²) in [4.78, 5) is 0. The van der Waals surface area contributed by atoms with Gasteiger partial charge >= 0.3 is 0 Å². The van der Waals surface area contributed by atoms with Crippen molar-refractivity contribution in [3.05, 3.63) is 42.5 Å². The van der Waals surface area contributed by atoms with Crippen LogP contribution in [0.1, 0.15) is 26.3 Å². The standard InChI is InChI=1S/C14H20O2/c1-5-15-14(4,16-6-2)12(3)13-10-8-7-9-11-13/h7-11H,3,5-6H2,1-2,4H3. The minimum atomic E-state index is -0.731.